The predicted molar refractivity (Wildman–Crippen MR) is 81.9 cm³/mol. The van der Waals surface area contributed by atoms with E-state index in [-0.39, 0.29) is 11.8 Å². The van der Waals surface area contributed by atoms with Crippen LogP contribution in [0.3, 0.4) is 0 Å². The Balaban J connectivity index is 2.12. The van der Waals surface area contributed by atoms with Crippen LogP contribution in [0.1, 0.15) is 47.1 Å². The van der Waals surface area contributed by atoms with Gasteiger partial charge >= 0.3 is 0 Å². The summed E-state index contributed by atoms with van der Waals surface area (Å²) < 4.78 is 1.78. The van der Waals surface area contributed by atoms with Crippen molar-refractivity contribution < 1.29 is 4.79 Å². The highest BCUT2D eigenvalue weighted by molar-refractivity contribution is 5.94. The normalized spacial score (nSPS) is 10.9. The first-order chi connectivity index (χ1) is 9.88. The molecule has 2 aromatic rings. The molecule has 0 spiro atoms. The number of amides is 1. The highest BCUT2D eigenvalue weighted by Crippen LogP contribution is 2.16. The lowest BCUT2D eigenvalue weighted by Gasteiger charge is -2.09. The maximum atomic E-state index is 12.2. The number of nitrogen functional groups attached to an aromatic ring is 1. The number of nitrogens with two attached hydrogens (primary N) is 1. The van der Waals surface area contributed by atoms with Gasteiger partial charge < -0.3 is 11.1 Å². The van der Waals surface area contributed by atoms with Crippen molar-refractivity contribution in [3.05, 3.63) is 40.8 Å². The number of aryl methyl sites for hydroxylation is 1. The molecule has 0 aromatic carbocycles. The molecule has 6 heteroatoms. The molecule has 0 atom stereocenters. The molecule has 0 saturated carbocycles. The Morgan fingerprint density at radius 2 is 2.14 bits per heavy atom. The summed E-state index contributed by atoms with van der Waals surface area (Å²) in [6.45, 7) is 6.44. The van der Waals surface area contributed by atoms with Gasteiger partial charge in [0, 0.05) is 36.1 Å². The minimum Gasteiger partial charge on any atom is -0.384 e. The SMILES string of the molecule is Cc1c(CNC(=O)c2cc(N)nc(C(C)C)c2)cnn1C. The number of carbonyl (C=O) groups excluding carboxylic acids is 1. The summed E-state index contributed by atoms with van der Waals surface area (Å²) in [5.41, 5.74) is 9.15. The van der Waals surface area contributed by atoms with Crippen molar-refractivity contribution in [2.45, 2.75) is 33.2 Å². The van der Waals surface area contributed by atoms with Crippen molar-refractivity contribution in [2.75, 3.05) is 5.73 Å². The van der Waals surface area contributed by atoms with Gasteiger partial charge in [-0.05, 0) is 25.0 Å². The Hall–Kier alpha value is -2.37. The van der Waals surface area contributed by atoms with Gasteiger partial charge in [-0.25, -0.2) is 4.98 Å². The van der Waals surface area contributed by atoms with Crippen LogP contribution in [-0.2, 0) is 13.6 Å². The molecule has 0 aliphatic rings. The number of aromatic nitrogens is 3. The number of carbonyl (C=O) groups is 1. The maximum absolute atomic E-state index is 12.2. The second kappa shape index (κ2) is 5.95. The zero-order valence-corrected chi connectivity index (χ0v) is 12.8. The quantitative estimate of drug-likeness (QED) is 0.897. The third kappa shape index (κ3) is 3.39. The third-order valence-electron chi connectivity index (χ3n) is 3.49. The van der Waals surface area contributed by atoms with Gasteiger partial charge in [-0.15, -0.1) is 0 Å². The van der Waals surface area contributed by atoms with Crippen molar-refractivity contribution in [1.29, 1.82) is 0 Å². The number of anilines is 1. The van der Waals surface area contributed by atoms with E-state index in [1.165, 1.54) is 0 Å². The summed E-state index contributed by atoms with van der Waals surface area (Å²) >= 11 is 0. The Morgan fingerprint density at radius 1 is 1.43 bits per heavy atom. The van der Waals surface area contributed by atoms with E-state index in [4.69, 9.17) is 5.73 Å². The molecular formula is C15H21N5O. The Kier molecular flexibility index (Phi) is 4.26. The topological polar surface area (TPSA) is 85.8 Å². The van der Waals surface area contributed by atoms with Crippen LogP contribution in [0.4, 0.5) is 5.82 Å². The minimum atomic E-state index is -0.158. The highest BCUT2D eigenvalue weighted by Gasteiger charge is 2.12. The van der Waals surface area contributed by atoms with Crippen LogP contribution in [0.25, 0.3) is 0 Å². The number of hydrogen-bond donors (Lipinski definition) is 2. The molecule has 0 aliphatic heterocycles. The molecule has 21 heavy (non-hydrogen) atoms. The Labute approximate surface area is 124 Å². The lowest BCUT2D eigenvalue weighted by Crippen LogP contribution is -2.23. The lowest BCUT2D eigenvalue weighted by atomic mass is 10.1. The molecule has 2 heterocycles. The van der Waals surface area contributed by atoms with Gasteiger partial charge in [-0.1, -0.05) is 13.8 Å². The van der Waals surface area contributed by atoms with E-state index >= 15 is 0 Å². The minimum absolute atomic E-state index is 0.158. The number of rotatable bonds is 4. The predicted octanol–water partition coefficient (Wildman–Crippen LogP) is 1.76. The number of hydrogen-bond acceptors (Lipinski definition) is 4. The van der Waals surface area contributed by atoms with Crippen LogP contribution in [0, 0.1) is 6.92 Å². The summed E-state index contributed by atoms with van der Waals surface area (Å²) in [5.74, 6) is 0.429. The van der Waals surface area contributed by atoms with E-state index in [1.54, 1.807) is 23.0 Å². The second-order valence-corrected chi connectivity index (χ2v) is 5.42. The fourth-order valence-corrected chi connectivity index (χ4v) is 2.00. The van der Waals surface area contributed by atoms with E-state index in [9.17, 15) is 4.79 Å². The van der Waals surface area contributed by atoms with Crippen LogP contribution >= 0.6 is 0 Å². The van der Waals surface area contributed by atoms with Gasteiger partial charge in [0.1, 0.15) is 5.82 Å². The molecule has 0 fully saturated rings. The fraction of sp³-hybridized carbons (Fsp3) is 0.400. The largest absolute Gasteiger partial charge is 0.384 e. The van der Waals surface area contributed by atoms with Crippen molar-refractivity contribution in [1.82, 2.24) is 20.1 Å². The number of nitrogens with zero attached hydrogens (tertiary/aromatic N) is 3. The summed E-state index contributed by atoms with van der Waals surface area (Å²) in [6, 6.07) is 3.38. The first-order valence-electron chi connectivity index (χ1n) is 6.91. The molecule has 0 bridgehead atoms. The monoisotopic (exact) mass is 287 g/mol. The van der Waals surface area contributed by atoms with Crippen molar-refractivity contribution >= 4 is 11.7 Å². The van der Waals surface area contributed by atoms with Crippen LogP contribution in [-0.4, -0.2) is 20.7 Å². The summed E-state index contributed by atoms with van der Waals surface area (Å²) in [5, 5.41) is 7.04. The molecule has 0 radical (unpaired) electrons. The summed E-state index contributed by atoms with van der Waals surface area (Å²) in [4.78, 5) is 16.5. The first-order valence-corrected chi connectivity index (χ1v) is 6.91. The first kappa shape index (κ1) is 15.0. The second-order valence-electron chi connectivity index (χ2n) is 5.42. The smallest absolute Gasteiger partial charge is 0.251 e. The van der Waals surface area contributed by atoms with Crippen LogP contribution < -0.4 is 11.1 Å². The highest BCUT2D eigenvalue weighted by atomic mass is 16.1. The molecule has 0 aliphatic carbocycles. The van der Waals surface area contributed by atoms with Crippen molar-refractivity contribution in [3.8, 4) is 0 Å². The van der Waals surface area contributed by atoms with Gasteiger partial charge in [0.15, 0.2) is 0 Å². The standard InChI is InChI=1S/C15H21N5O/c1-9(2)13-5-11(6-14(16)19-13)15(21)17-7-12-8-18-20(4)10(12)3/h5-6,8-9H,7H2,1-4H3,(H2,16,19)(H,17,21). The molecule has 0 saturated heterocycles. The van der Waals surface area contributed by atoms with E-state index in [2.05, 4.69) is 15.4 Å². The molecule has 2 rings (SSSR count). The zero-order valence-electron chi connectivity index (χ0n) is 12.8. The molecule has 112 valence electrons. The van der Waals surface area contributed by atoms with Gasteiger partial charge in [0.2, 0.25) is 0 Å². The average molecular weight is 287 g/mol. The molecule has 3 N–H and O–H groups in total. The van der Waals surface area contributed by atoms with E-state index in [0.29, 0.717) is 17.9 Å². The third-order valence-corrected chi connectivity index (χ3v) is 3.49. The van der Waals surface area contributed by atoms with Crippen LogP contribution in [0.5, 0.6) is 0 Å². The van der Waals surface area contributed by atoms with Gasteiger partial charge in [0.05, 0.1) is 6.20 Å². The number of nitrogens with one attached hydrogen (secondary N) is 1. The van der Waals surface area contributed by atoms with Gasteiger partial charge in [0.25, 0.3) is 5.91 Å². The Bertz CT molecular complexity index is 660. The van der Waals surface area contributed by atoms with E-state index < -0.39 is 0 Å². The average Bonchev–Trinajstić information content (AvgIpc) is 2.75. The maximum Gasteiger partial charge on any atom is 0.251 e. The molecule has 6 nitrogen and oxygen atoms in total. The fourth-order valence-electron chi connectivity index (χ4n) is 2.00. The van der Waals surface area contributed by atoms with Crippen LogP contribution in [0.15, 0.2) is 18.3 Å². The summed E-state index contributed by atoms with van der Waals surface area (Å²) in [6.07, 6.45) is 1.76. The zero-order chi connectivity index (χ0) is 15.6. The van der Waals surface area contributed by atoms with Gasteiger partial charge in [-0.3, -0.25) is 9.48 Å². The van der Waals surface area contributed by atoms with Crippen molar-refractivity contribution in [2.24, 2.45) is 7.05 Å². The molecular weight excluding hydrogens is 266 g/mol. The molecule has 1 amide bonds. The lowest BCUT2D eigenvalue weighted by molar-refractivity contribution is 0.0950. The van der Waals surface area contributed by atoms with Gasteiger partial charge in [-0.2, -0.15) is 5.10 Å². The Morgan fingerprint density at radius 3 is 2.71 bits per heavy atom. The van der Waals surface area contributed by atoms with E-state index in [0.717, 1.165) is 17.0 Å². The number of pyridine rings is 1. The molecule has 0 unspecified atom stereocenters. The van der Waals surface area contributed by atoms with Crippen LogP contribution in [0.2, 0.25) is 0 Å². The summed E-state index contributed by atoms with van der Waals surface area (Å²) in [7, 11) is 1.87. The van der Waals surface area contributed by atoms with E-state index in [1.807, 2.05) is 27.8 Å². The molecule has 2 aromatic heterocycles. The van der Waals surface area contributed by atoms with Crippen molar-refractivity contribution in [3.63, 3.8) is 0 Å².